The Morgan fingerprint density at radius 1 is 1.71 bits per heavy atom. The molecule has 0 amide bonds. The van der Waals surface area contributed by atoms with Crippen LogP contribution in [0, 0.1) is 0 Å². The van der Waals surface area contributed by atoms with Crippen LogP contribution < -0.4 is 0 Å². The molecule has 2 rings (SSSR count). The second kappa shape index (κ2) is 5.19. The number of esters is 1. The molecule has 0 bridgehead atoms. The zero-order chi connectivity index (χ0) is 12.4. The molecule has 0 saturated carbocycles. The van der Waals surface area contributed by atoms with Crippen molar-refractivity contribution in [3.05, 3.63) is 21.9 Å². The van der Waals surface area contributed by atoms with E-state index in [1.54, 1.807) is 0 Å². The summed E-state index contributed by atoms with van der Waals surface area (Å²) < 4.78 is 5.10. The van der Waals surface area contributed by atoms with E-state index in [1.807, 2.05) is 25.2 Å². The van der Waals surface area contributed by atoms with Crippen LogP contribution in [-0.2, 0) is 16.0 Å². The number of nitrogens with zero attached hydrogens (tertiary/aromatic N) is 1. The monoisotopic (exact) mass is 253 g/mol. The van der Waals surface area contributed by atoms with Gasteiger partial charge in [0, 0.05) is 17.5 Å². The van der Waals surface area contributed by atoms with E-state index in [0.29, 0.717) is 12.6 Å². The van der Waals surface area contributed by atoms with Gasteiger partial charge in [0.25, 0.3) is 0 Å². The van der Waals surface area contributed by atoms with Crippen molar-refractivity contribution in [3.8, 4) is 0 Å². The fourth-order valence-corrected chi connectivity index (χ4v) is 3.42. The van der Waals surface area contributed by atoms with Crippen molar-refractivity contribution in [3.63, 3.8) is 0 Å². The molecule has 1 aromatic rings. The molecule has 94 valence electrons. The minimum absolute atomic E-state index is 0.113. The highest BCUT2D eigenvalue weighted by Gasteiger charge is 2.31. The molecule has 0 N–H and O–H groups in total. The maximum atomic E-state index is 11.8. The third-order valence-electron chi connectivity index (χ3n) is 3.45. The van der Waals surface area contributed by atoms with Gasteiger partial charge in [-0.1, -0.05) is 0 Å². The Balaban J connectivity index is 2.11. The Kier molecular flexibility index (Phi) is 3.84. The Morgan fingerprint density at radius 3 is 3.18 bits per heavy atom. The van der Waals surface area contributed by atoms with E-state index < -0.39 is 0 Å². The molecule has 1 aromatic heterocycles. The standard InChI is InChI=1S/C13H19NO2S/c1-4-16-13(15)10(3)14-7-5-12-11(9(14)2)6-8-17-12/h6,8-10H,4-5,7H2,1-3H3. The normalized spacial score (nSPS) is 21.9. The summed E-state index contributed by atoms with van der Waals surface area (Å²) in [5.74, 6) is -0.113. The number of carbonyl (C=O) groups excluding carboxylic acids is 1. The Hall–Kier alpha value is -0.870. The van der Waals surface area contributed by atoms with E-state index in [2.05, 4.69) is 23.3 Å². The van der Waals surface area contributed by atoms with E-state index in [0.717, 1.165) is 13.0 Å². The van der Waals surface area contributed by atoms with Crippen LogP contribution in [0.4, 0.5) is 0 Å². The average Bonchev–Trinajstić information content (AvgIpc) is 2.78. The van der Waals surface area contributed by atoms with E-state index in [-0.39, 0.29) is 12.0 Å². The highest BCUT2D eigenvalue weighted by Crippen LogP contribution is 2.34. The van der Waals surface area contributed by atoms with Crippen LogP contribution in [-0.4, -0.2) is 30.1 Å². The summed E-state index contributed by atoms with van der Waals surface area (Å²) in [6.45, 7) is 7.34. The fourth-order valence-electron chi connectivity index (χ4n) is 2.46. The lowest BCUT2D eigenvalue weighted by atomic mass is 10.00. The van der Waals surface area contributed by atoms with Gasteiger partial charge in [0.2, 0.25) is 0 Å². The molecule has 3 nitrogen and oxygen atoms in total. The molecule has 1 aliphatic heterocycles. The zero-order valence-electron chi connectivity index (χ0n) is 10.6. The quantitative estimate of drug-likeness (QED) is 0.776. The molecule has 0 aliphatic carbocycles. The first kappa shape index (κ1) is 12.6. The molecule has 2 atom stereocenters. The number of hydrogen-bond donors (Lipinski definition) is 0. The number of thiophene rings is 1. The number of fused-ring (bicyclic) bond motifs is 1. The Bertz CT molecular complexity index is 402. The van der Waals surface area contributed by atoms with E-state index in [1.165, 1.54) is 10.4 Å². The lowest BCUT2D eigenvalue weighted by molar-refractivity contribution is -0.150. The second-order valence-electron chi connectivity index (χ2n) is 4.39. The minimum Gasteiger partial charge on any atom is -0.465 e. The molecule has 2 heterocycles. The molecule has 4 heteroatoms. The highest BCUT2D eigenvalue weighted by molar-refractivity contribution is 7.10. The van der Waals surface area contributed by atoms with Gasteiger partial charge >= 0.3 is 5.97 Å². The van der Waals surface area contributed by atoms with Gasteiger partial charge < -0.3 is 4.74 Å². The first-order chi connectivity index (χ1) is 8.15. The van der Waals surface area contributed by atoms with Gasteiger partial charge in [-0.2, -0.15) is 0 Å². The lowest BCUT2D eigenvalue weighted by Gasteiger charge is -2.36. The molecule has 0 saturated heterocycles. The number of hydrogen-bond acceptors (Lipinski definition) is 4. The van der Waals surface area contributed by atoms with E-state index >= 15 is 0 Å². The van der Waals surface area contributed by atoms with Crippen molar-refractivity contribution in [2.24, 2.45) is 0 Å². The van der Waals surface area contributed by atoms with Crippen LogP contribution in [0.25, 0.3) is 0 Å². The van der Waals surface area contributed by atoms with Gasteiger partial charge in [-0.15, -0.1) is 11.3 Å². The van der Waals surface area contributed by atoms with E-state index in [4.69, 9.17) is 4.74 Å². The summed E-state index contributed by atoms with van der Waals surface area (Å²) in [6, 6.07) is 2.33. The Morgan fingerprint density at radius 2 is 2.47 bits per heavy atom. The SMILES string of the molecule is CCOC(=O)C(C)N1CCc2sccc2C1C. The maximum absolute atomic E-state index is 11.8. The molecule has 0 radical (unpaired) electrons. The predicted octanol–water partition coefficient (Wildman–Crippen LogP) is 2.62. The van der Waals surface area contributed by atoms with Gasteiger partial charge in [-0.25, -0.2) is 0 Å². The summed E-state index contributed by atoms with van der Waals surface area (Å²) in [4.78, 5) is 15.5. The second-order valence-corrected chi connectivity index (χ2v) is 5.39. The number of ether oxygens (including phenoxy) is 1. The summed E-state index contributed by atoms with van der Waals surface area (Å²) in [5, 5.41) is 2.14. The third kappa shape index (κ3) is 2.38. The summed E-state index contributed by atoms with van der Waals surface area (Å²) in [5.41, 5.74) is 1.37. The van der Waals surface area contributed by atoms with Crippen molar-refractivity contribution in [2.45, 2.75) is 39.3 Å². The van der Waals surface area contributed by atoms with Crippen LogP contribution in [0.1, 0.15) is 37.3 Å². The minimum atomic E-state index is -0.155. The van der Waals surface area contributed by atoms with Gasteiger partial charge in [0.05, 0.1) is 6.61 Å². The van der Waals surface area contributed by atoms with Crippen LogP contribution in [0.3, 0.4) is 0 Å². The summed E-state index contributed by atoms with van der Waals surface area (Å²) in [7, 11) is 0. The molecule has 0 aromatic carbocycles. The molecule has 17 heavy (non-hydrogen) atoms. The van der Waals surface area contributed by atoms with Crippen molar-refractivity contribution >= 4 is 17.3 Å². The van der Waals surface area contributed by atoms with E-state index in [9.17, 15) is 4.79 Å². The van der Waals surface area contributed by atoms with Gasteiger partial charge in [0.1, 0.15) is 6.04 Å². The predicted molar refractivity (Wildman–Crippen MR) is 69.2 cm³/mol. The number of carbonyl (C=O) groups is 1. The lowest BCUT2D eigenvalue weighted by Crippen LogP contribution is -2.44. The maximum Gasteiger partial charge on any atom is 0.323 e. The Labute approximate surface area is 106 Å². The van der Waals surface area contributed by atoms with Gasteiger partial charge in [-0.3, -0.25) is 9.69 Å². The summed E-state index contributed by atoms with van der Waals surface area (Å²) in [6.07, 6.45) is 1.04. The largest absolute Gasteiger partial charge is 0.465 e. The molecular formula is C13H19NO2S. The number of rotatable bonds is 3. The first-order valence-corrected chi connectivity index (χ1v) is 7.01. The van der Waals surface area contributed by atoms with Crippen molar-refractivity contribution in [1.29, 1.82) is 0 Å². The van der Waals surface area contributed by atoms with Crippen LogP contribution >= 0.6 is 11.3 Å². The van der Waals surface area contributed by atoms with Crippen LogP contribution in [0.15, 0.2) is 11.4 Å². The first-order valence-electron chi connectivity index (χ1n) is 6.13. The van der Waals surface area contributed by atoms with Gasteiger partial charge in [-0.05, 0) is 44.2 Å². The highest BCUT2D eigenvalue weighted by atomic mass is 32.1. The van der Waals surface area contributed by atoms with Crippen molar-refractivity contribution < 1.29 is 9.53 Å². The van der Waals surface area contributed by atoms with Crippen LogP contribution in [0.2, 0.25) is 0 Å². The van der Waals surface area contributed by atoms with Crippen molar-refractivity contribution in [1.82, 2.24) is 4.90 Å². The van der Waals surface area contributed by atoms with Crippen LogP contribution in [0.5, 0.6) is 0 Å². The fraction of sp³-hybridized carbons (Fsp3) is 0.615. The third-order valence-corrected chi connectivity index (χ3v) is 4.45. The molecule has 2 unspecified atom stereocenters. The zero-order valence-corrected chi connectivity index (χ0v) is 11.4. The molecule has 1 aliphatic rings. The topological polar surface area (TPSA) is 29.5 Å². The molecule has 0 spiro atoms. The molecular weight excluding hydrogens is 234 g/mol. The average molecular weight is 253 g/mol. The van der Waals surface area contributed by atoms with Crippen molar-refractivity contribution in [2.75, 3.05) is 13.2 Å². The smallest absolute Gasteiger partial charge is 0.323 e. The summed E-state index contributed by atoms with van der Waals surface area (Å²) >= 11 is 1.82. The molecule has 0 fully saturated rings. The van der Waals surface area contributed by atoms with Gasteiger partial charge in [0.15, 0.2) is 0 Å².